The van der Waals surface area contributed by atoms with E-state index in [-0.39, 0.29) is 11.7 Å². The van der Waals surface area contributed by atoms with Crippen LogP contribution in [-0.2, 0) is 0 Å². The van der Waals surface area contributed by atoms with Crippen molar-refractivity contribution in [2.75, 3.05) is 31.1 Å². The molecule has 0 spiro atoms. The van der Waals surface area contributed by atoms with E-state index in [1.165, 1.54) is 17.4 Å². The van der Waals surface area contributed by atoms with E-state index in [1.54, 1.807) is 21.8 Å². The Labute approximate surface area is 190 Å². The first kappa shape index (κ1) is 22.1. The second-order valence-electron chi connectivity index (χ2n) is 7.46. The van der Waals surface area contributed by atoms with Crippen molar-refractivity contribution in [1.82, 2.24) is 19.7 Å². The van der Waals surface area contributed by atoms with Crippen molar-refractivity contribution in [1.29, 1.82) is 0 Å². The molecular weight excluding hydrogens is 425 g/mol. The van der Waals surface area contributed by atoms with Crippen LogP contribution in [0.25, 0.3) is 15.9 Å². The summed E-state index contributed by atoms with van der Waals surface area (Å²) in [7, 11) is 0. The maximum absolute atomic E-state index is 14.3. The van der Waals surface area contributed by atoms with E-state index in [0.29, 0.717) is 29.3 Å². The highest BCUT2D eigenvalue weighted by Crippen LogP contribution is 2.31. The number of carbonyl (C=O) groups excluding carboxylic acids is 1. The summed E-state index contributed by atoms with van der Waals surface area (Å²) in [5.74, 6) is -0.564. The fraction of sp³-hybridized carbons (Fsp3) is 0.292. The molecule has 6 nitrogen and oxygen atoms in total. The molecule has 0 radical (unpaired) electrons. The molecular formula is C24H26FN5OS. The lowest BCUT2D eigenvalue weighted by Crippen LogP contribution is -2.39. The molecule has 1 amide bonds. The van der Waals surface area contributed by atoms with Crippen molar-refractivity contribution in [3.8, 4) is 5.69 Å². The van der Waals surface area contributed by atoms with Gasteiger partial charge in [-0.15, -0.1) is 0 Å². The molecule has 32 heavy (non-hydrogen) atoms. The lowest BCUT2D eigenvalue weighted by molar-refractivity contribution is 0.0983. The number of halogens is 1. The molecule has 0 aliphatic rings. The first-order valence-corrected chi connectivity index (χ1v) is 11.5. The average Bonchev–Trinajstić information content (AvgIpc) is 3.41. The predicted octanol–water partition coefficient (Wildman–Crippen LogP) is 4.92. The first-order chi connectivity index (χ1) is 15.5. The van der Waals surface area contributed by atoms with Gasteiger partial charge in [-0.25, -0.2) is 14.1 Å². The molecule has 4 rings (SSSR count). The molecule has 0 atom stereocenters. The summed E-state index contributed by atoms with van der Waals surface area (Å²) >= 11 is 1.33. The zero-order valence-electron chi connectivity index (χ0n) is 18.5. The van der Waals surface area contributed by atoms with Gasteiger partial charge in [-0.3, -0.25) is 9.69 Å². The van der Waals surface area contributed by atoms with Crippen LogP contribution in [0.1, 0.15) is 29.9 Å². The zero-order valence-corrected chi connectivity index (χ0v) is 19.3. The van der Waals surface area contributed by atoms with Crippen LogP contribution >= 0.6 is 11.3 Å². The number of hydrogen-bond acceptors (Lipinski definition) is 5. The van der Waals surface area contributed by atoms with E-state index in [4.69, 9.17) is 0 Å². The minimum absolute atomic E-state index is 0.184. The molecule has 0 fully saturated rings. The fourth-order valence-corrected chi connectivity index (χ4v) is 4.68. The van der Waals surface area contributed by atoms with Gasteiger partial charge in [0, 0.05) is 13.1 Å². The fourth-order valence-electron chi connectivity index (χ4n) is 3.68. The minimum atomic E-state index is -0.380. The van der Waals surface area contributed by atoms with Crippen molar-refractivity contribution in [3.63, 3.8) is 0 Å². The number of aromatic nitrogens is 3. The van der Waals surface area contributed by atoms with Crippen LogP contribution in [0.3, 0.4) is 0 Å². The van der Waals surface area contributed by atoms with Gasteiger partial charge in [-0.05, 0) is 44.3 Å². The second kappa shape index (κ2) is 9.58. The van der Waals surface area contributed by atoms with Crippen LogP contribution in [0.15, 0.2) is 54.7 Å². The third-order valence-corrected chi connectivity index (χ3v) is 6.65. The third kappa shape index (κ3) is 4.28. The molecule has 0 aliphatic heterocycles. The molecule has 0 bridgehead atoms. The van der Waals surface area contributed by atoms with Crippen LogP contribution < -0.4 is 4.90 Å². The Morgan fingerprint density at radius 2 is 1.81 bits per heavy atom. The van der Waals surface area contributed by atoms with Crippen molar-refractivity contribution in [2.45, 2.75) is 20.8 Å². The summed E-state index contributed by atoms with van der Waals surface area (Å²) in [6.07, 6.45) is 1.60. The molecule has 0 unspecified atom stereocenters. The number of rotatable bonds is 8. The molecule has 8 heteroatoms. The Morgan fingerprint density at radius 3 is 2.50 bits per heavy atom. The van der Waals surface area contributed by atoms with Gasteiger partial charge in [-0.2, -0.15) is 5.10 Å². The number of amides is 1. The number of anilines is 1. The number of benzene rings is 2. The van der Waals surface area contributed by atoms with E-state index >= 15 is 0 Å². The summed E-state index contributed by atoms with van der Waals surface area (Å²) in [4.78, 5) is 22.1. The maximum Gasteiger partial charge on any atom is 0.263 e. The summed E-state index contributed by atoms with van der Waals surface area (Å²) in [6.45, 7) is 9.00. The van der Waals surface area contributed by atoms with Crippen molar-refractivity contribution >= 4 is 32.6 Å². The van der Waals surface area contributed by atoms with Gasteiger partial charge in [0.15, 0.2) is 5.13 Å². The molecule has 0 saturated carbocycles. The smallest absolute Gasteiger partial charge is 0.263 e. The molecule has 2 aromatic carbocycles. The van der Waals surface area contributed by atoms with Crippen molar-refractivity contribution in [3.05, 3.63) is 71.8 Å². The van der Waals surface area contributed by atoms with E-state index < -0.39 is 0 Å². The number of likely N-dealkylation sites (N-methyl/N-ethyl adjacent to an activating group) is 1. The zero-order chi connectivity index (χ0) is 22.7. The van der Waals surface area contributed by atoms with E-state index in [0.717, 1.165) is 29.2 Å². The Hall–Kier alpha value is -3.10. The highest BCUT2D eigenvalue weighted by atomic mass is 32.1. The van der Waals surface area contributed by atoms with Gasteiger partial charge in [0.2, 0.25) is 0 Å². The Morgan fingerprint density at radius 1 is 1.06 bits per heavy atom. The Kier molecular flexibility index (Phi) is 6.62. The maximum atomic E-state index is 14.3. The summed E-state index contributed by atoms with van der Waals surface area (Å²) in [6, 6.07) is 14.6. The van der Waals surface area contributed by atoms with Gasteiger partial charge >= 0.3 is 0 Å². The first-order valence-electron chi connectivity index (χ1n) is 10.7. The largest absolute Gasteiger partial charge is 0.302 e. The molecule has 0 saturated heterocycles. The summed E-state index contributed by atoms with van der Waals surface area (Å²) < 4.78 is 16.8. The molecule has 166 valence electrons. The number of fused-ring (bicyclic) bond motifs is 1. The van der Waals surface area contributed by atoms with Crippen LogP contribution in [-0.4, -0.2) is 51.8 Å². The highest BCUT2D eigenvalue weighted by Gasteiger charge is 2.26. The number of hydrogen-bond donors (Lipinski definition) is 0. The Balaban J connectivity index is 1.71. The van der Waals surface area contributed by atoms with E-state index in [1.807, 2.05) is 43.3 Å². The lowest BCUT2D eigenvalue weighted by atomic mass is 10.2. The Bertz CT molecular complexity index is 1220. The van der Waals surface area contributed by atoms with Gasteiger partial charge in [-0.1, -0.05) is 49.4 Å². The van der Waals surface area contributed by atoms with Gasteiger partial charge in [0.25, 0.3) is 5.91 Å². The SMILES string of the molecule is CCN(CC)CCN(C(=O)c1cnn(-c2ccccc2)c1C)c1nc2c(F)cccc2s1. The predicted molar refractivity (Wildman–Crippen MR) is 127 cm³/mol. The van der Waals surface area contributed by atoms with Crippen molar-refractivity contribution < 1.29 is 9.18 Å². The molecule has 0 aliphatic carbocycles. The van der Waals surface area contributed by atoms with Crippen LogP contribution in [0.5, 0.6) is 0 Å². The van der Waals surface area contributed by atoms with Crippen LogP contribution in [0.4, 0.5) is 9.52 Å². The minimum Gasteiger partial charge on any atom is -0.302 e. The average molecular weight is 452 g/mol. The standard InChI is InChI=1S/C24H26FN5OS/c1-4-28(5-2)14-15-29(24-27-22-20(25)12-9-13-21(22)32-24)23(31)19-16-26-30(17(19)3)18-10-7-6-8-11-18/h6-13,16H,4-5,14-15H2,1-3H3. The second-order valence-corrected chi connectivity index (χ2v) is 8.47. The molecule has 2 aromatic heterocycles. The number of nitrogens with zero attached hydrogens (tertiary/aromatic N) is 5. The van der Waals surface area contributed by atoms with E-state index in [2.05, 4.69) is 28.8 Å². The molecule has 0 N–H and O–H groups in total. The summed E-state index contributed by atoms with van der Waals surface area (Å²) in [5.41, 5.74) is 2.44. The topological polar surface area (TPSA) is 54.3 Å². The van der Waals surface area contributed by atoms with Crippen LogP contribution in [0.2, 0.25) is 0 Å². The number of thiazole rings is 1. The van der Waals surface area contributed by atoms with Gasteiger partial charge < -0.3 is 4.90 Å². The van der Waals surface area contributed by atoms with Crippen molar-refractivity contribution in [2.24, 2.45) is 0 Å². The van der Waals surface area contributed by atoms with Crippen LogP contribution in [0, 0.1) is 12.7 Å². The molecule has 2 heterocycles. The summed E-state index contributed by atoms with van der Waals surface area (Å²) in [5, 5.41) is 4.94. The normalized spacial score (nSPS) is 11.4. The van der Waals surface area contributed by atoms with E-state index in [9.17, 15) is 9.18 Å². The third-order valence-electron chi connectivity index (χ3n) is 5.61. The monoisotopic (exact) mass is 451 g/mol. The van der Waals surface area contributed by atoms with Gasteiger partial charge in [0.1, 0.15) is 11.3 Å². The highest BCUT2D eigenvalue weighted by molar-refractivity contribution is 7.22. The van der Waals surface area contributed by atoms with Gasteiger partial charge in [0.05, 0.1) is 27.8 Å². The lowest BCUT2D eigenvalue weighted by Gasteiger charge is -2.24. The number of para-hydroxylation sites is 2. The number of carbonyl (C=O) groups is 1. The quantitative estimate of drug-likeness (QED) is 0.382. The molecule has 4 aromatic rings.